The van der Waals surface area contributed by atoms with E-state index < -0.39 is 6.03 Å². The Hall–Kier alpha value is -3.30. The lowest BCUT2D eigenvalue weighted by molar-refractivity contribution is 0.252. The minimum atomic E-state index is -0.667. The van der Waals surface area contributed by atoms with Crippen LogP contribution in [0.5, 0.6) is 11.5 Å². The Balaban J connectivity index is 1.93. The average molecular weight is 292 g/mol. The molecule has 5 N–H and O–H groups in total. The van der Waals surface area contributed by atoms with Gasteiger partial charge in [-0.1, -0.05) is 0 Å². The highest BCUT2D eigenvalue weighted by Crippen LogP contribution is 2.25. The summed E-state index contributed by atoms with van der Waals surface area (Å²) in [5.74, 6) is 0.255. The molecule has 0 unspecified atom stereocenters. The Kier molecular flexibility index (Phi) is 4.19. The number of benzene rings is 1. The maximum atomic E-state index is 11.5. The minimum Gasteiger partial charge on any atom is -0.504 e. The third kappa shape index (κ3) is 3.59. The third-order valence-electron chi connectivity index (χ3n) is 2.33. The number of ether oxygens (including phenoxy) is 1. The summed E-state index contributed by atoms with van der Waals surface area (Å²) in [6, 6.07) is 3.93. The standard InChI is InChI=1S/C11H12N6O4/c1-20-8-4-6(2-3-7(8)18)5-13-15-11(19)14-10-9(12)16-21-17-10/h2-5,18H,1H3,(H2,12,16)(H2,14,15,17,19)/b13-5+. The molecule has 1 aromatic carbocycles. The molecule has 1 aromatic heterocycles. The SMILES string of the molecule is COc1cc(/C=N/NC(=O)Nc2nonc2N)ccc1O. The van der Waals surface area contributed by atoms with Crippen molar-refractivity contribution >= 4 is 23.9 Å². The number of hydrogen-bond donors (Lipinski definition) is 4. The molecule has 0 radical (unpaired) electrons. The number of nitrogens with zero attached hydrogens (tertiary/aromatic N) is 3. The molecule has 1 heterocycles. The van der Waals surface area contributed by atoms with Crippen molar-refractivity contribution in [3.63, 3.8) is 0 Å². The monoisotopic (exact) mass is 292 g/mol. The zero-order chi connectivity index (χ0) is 15.2. The van der Waals surface area contributed by atoms with E-state index in [1.807, 2.05) is 0 Å². The second kappa shape index (κ2) is 6.23. The van der Waals surface area contributed by atoms with E-state index in [0.717, 1.165) is 0 Å². The smallest absolute Gasteiger partial charge is 0.340 e. The molecular formula is C11H12N6O4. The van der Waals surface area contributed by atoms with Gasteiger partial charge in [0.15, 0.2) is 11.5 Å². The van der Waals surface area contributed by atoms with Gasteiger partial charge in [0.05, 0.1) is 13.3 Å². The van der Waals surface area contributed by atoms with Crippen LogP contribution in [0, 0.1) is 0 Å². The van der Waals surface area contributed by atoms with Crippen LogP contribution in [0.1, 0.15) is 5.56 Å². The number of aromatic hydroxyl groups is 1. The number of carbonyl (C=O) groups excluding carboxylic acids is 1. The maximum absolute atomic E-state index is 11.5. The number of hydrazone groups is 1. The van der Waals surface area contributed by atoms with Crippen molar-refractivity contribution in [3.8, 4) is 11.5 Å². The van der Waals surface area contributed by atoms with E-state index in [1.165, 1.54) is 19.4 Å². The van der Waals surface area contributed by atoms with Crippen molar-refractivity contribution in [1.82, 2.24) is 15.7 Å². The van der Waals surface area contributed by atoms with Gasteiger partial charge in [0.25, 0.3) is 0 Å². The van der Waals surface area contributed by atoms with E-state index in [9.17, 15) is 9.90 Å². The molecule has 0 saturated carbocycles. The number of nitrogen functional groups attached to an aromatic ring is 1. The summed E-state index contributed by atoms with van der Waals surface area (Å²) in [6.45, 7) is 0. The Bertz CT molecular complexity index is 668. The summed E-state index contributed by atoms with van der Waals surface area (Å²) in [6.07, 6.45) is 1.37. The van der Waals surface area contributed by atoms with Crippen LogP contribution in [-0.2, 0) is 0 Å². The first kappa shape index (κ1) is 14.1. The van der Waals surface area contributed by atoms with Gasteiger partial charge in [0.2, 0.25) is 11.6 Å². The zero-order valence-corrected chi connectivity index (χ0v) is 10.9. The van der Waals surface area contributed by atoms with Gasteiger partial charge < -0.3 is 15.6 Å². The summed E-state index contributed by atoms with van der Waals surface area (Å²) in [5.41, 5.74) is 8.19. The first-order valence-electron chi connectivity index (χ1n) is 5.65. The van der Waals surface area contributed by atoms with Crippen molar-refractivity contribution in [2.24, 2.45) is 5.10 Å². The fourth-order valence-electron chi connectivity index (χ4n) is 1.36. The Labute approximate surface area is 118 Å². The van der Waals surface area contributed by atoms with Crippen molar-refractivity contribution in [2.75, 3.05) is 18.2 Å². The van der Waals surface area contributed by atoms with Crippen LogP contribution in [0.2, 0.25) is 0 Å². The number of anilines is 2. The molecule has 2 rings (SSSR count). The fraction of sp³-hybridized carbons (Fsp3) is 0.0909. The van der Waals surface area contributed by atoms with Gasteiger partial charge in [-0.25, -0.2) is 14.8 Å². The Morgan fingerprint density at radius 1 is 1.52 bits per heavy atom. The van der Waals surface area contributed by atoms with Gasteiger partial charge in [-0.05, 0) is 34.1 Å². The Morgan fingerprint density at radius 2 is 2.33 bits per heavy atom. The number of carbonyl (C=O) groups is 1. The number of rotatable bonds is 4. The Morgan fingerprint density at radius 3 is 3.00 bits per heavy atom. The first-order valence-corrected chi connectivity index (χ1v) is 5.65. The molecule has 2 aromatic rings. The van der Waals surface area contributed by atoms with Crippen LogP contribution in [-0.4, -0.2) is 34.8 Å². The summed E-state index contributed by atoms with van der Waals surface area (Å²) in [5, 5.41) is 22.1. The summed E-state index contributed by atoms with van der Waals surface area (Å²) in [4.78, 5) is 11.5. The van der Waals surface area contributed by atoms with Gasteiger partial charge in [-0.3, -0.25) is 5.32 Å². The normalized spacial score (nSPS) is 10.5. The van der Waals surface area contributed by atoms with Crippen LogP contribution >= 0.6 is 0 Å². The van der Waals surface area contributed by atoms with Crippen LogP contribution in [0.4, 0.5) is 16.4 Å². The molecule has 0 aliphatic heterocycles. The molecular weight excluding hydrogens is 280 g/mol. The number of nitrogens with two attached hydrogens (primary N) is 1. The molecule has 2 amide bonds. The summed E-state index contributed by atoms with van der Waals surface area (Å²) < 4.78 is 9.26. The predicted molar refractivity (Wildman–Crippen MR) is 73.1 cm³/mol. The van der Waals surface area contributed by atoms with Crippen LogP contribution in [0.25, 0.3) is 0 Å². The topological polar surface area (TPSA) is 148 Å². The molecule has 10 nitrogen and oxygen atoms in total. The van der Waals surface area contributed by atoms with E-state index in [-0.39, 0.29) is 17.4 Å². The zero-order valence-electron chi connectivity index (χ0n) is 10.9. The molecule has 0 aliphatic rings. The van der Waals surface area contributed by atoms with E-state index in [0.29, 0.717) is 11.3 Å². The number of methoxy groups -OCH3 is 1. The lowest BCUT2D eigenvalue weighted by atomic mass is 10.2. The van der Waals surface area contributed by atoms with Crippen molar-refractivity contribution in [3.05, 3.63) is 23.8 Å². The highest BCUT2D eigenvalue weighted by molar-refractivity contribution is 5.91. The molecule has 0 bridgehead atoms. The first-order chi connectivity index (χ1) is 10.1. The summed E-state index contributed by atoms with van der Waals surface area (Å²) in [7, 11) is 1.43. The van der Waals surface area contributed by atoms with Gasteiger partial charge in [0, 0.05) is 0 Å². The van der Waals surface area contributed by atoms with Gasteiger partial charge in [-0.15, -0.1) is 0 Å². The molecule has 0 saturated heterocycles. The van der Waals surface area contributed by atoms with E-state index in [4.69, 9.17) is 10.5 Å². The second-order valence-electron chi connectivity index (χ2n) is 3.75. The molecule has 0 aliphatic carbocycles. The third-order valence-corrected chi connectivity index (χ3v) is 2.33. The maximum Gasteiger partial charge on any atom is 0.340 e. The fourth-order valence-corrected chi connectivity index (χ4v) is 1.36. The molecule has 21 heavy (non-hydrogen) atoms. The molecule has 110 valence electrons. The molecule has 0 fully saturated rings. The largest absolute Gasteiger partial charge is 0.504 e. The highest BCUT2D eigenvalue weighted by Gasteiger charge is 2.09. The van der Waals surface area contributed by atoms with Crippen LogP contribution < -0.4 is 21.2 Å². The van der Waals surface area contributed by atoms with Crippen molar-refractivity contribution in [2.45, 2.75) is 0 Å². The van der Waals surface area contributed by atoms with Crippen molar-refractivity contribution in [1.29, 1.82) is 0 Å². The second-order valence-corrected chi connectivity index (χ2v) is 3.75. The number of phenols is 1. The van der Waals surface area contributed by atoms with Crippen LogP contribution in [0.15, 0.2) is 27.9 Å². The molecule has 0 spiro atoms. The van der Waals surface area contributed by atoms with Crippen molar-refractivity contribution < 1.29 is 19.3 Å². The van der Waals surface area contributed by atoms with Gasteiger partial charge >= 0.3 is 6.03 Å². The highest BCUT2D eigenvalue weighted by atomic mass is 16.6. The number of amides is 2. The molecule has 0 atom stereocenters. The number of hydrogen-bond acceptors (Lipinski definition) is 8. The van der Waals surface area contributed by atoms with E-state index in [2.05, 4.69) is 30.8 Å². The van der Waals surface area contributed by atoms with Gasteiger partial charge in [-0.2, -0.15) is 5.10 Å². The predicted octanol–water partition coefficient (Wildman–Crippen LogP) is 0.522. The number of aromatic nitrogens is 2. The van der Waals surface area contributed by atoms with E-state index in [1.54, 1.807) is 12.1 Å². The summed E-state index contributed by atoms with van der Waals surface area (Å²) >= 11 is 0. The lowest BCUT2D eigenvalue weighted by Gasteiger charge is -2.03. The average Bonchev–Trinajstić information content (AvgIpc) is 2.86. The van der Waals surface area contributed by atoms with E-state index >= 15 is 0 Å². The molecule has 10 heteroatoms. The lowest BCUT2D eigenvalue weighted by Crippen LogP contribution is -2.24. The van der Waals surface area contributed by atoms with Crippen LogP contribution in [0.3, 0.4) is 0 Å². The number of phenolic OH excluding ortho intramolecular Hbond substituents is 1. The quantitative estimate of drug-likeness (QED) is 0.474. The minimum absolute atomic E-state index is 0.00555. The van der Waals surface area contributed by atoms with Gasteiger partial charge in [0.1, 0.15) is 0 Å². The number of nitrogens with one attached hydrogen (secondary N) is 2. The number of urea groups is 1.